The molecule has 0 fully saturated rings. The number of benzene rings is 2. The fourth-order valence-electron chi connectivity index (χ4n) is 3.28. The molecule has 0 aliphatic carbocycles. The molecule has 0 unspecified atom stereocenters. The first kappa shape index (κ1) is 22.2. The third kappa shape index (κ3) is 4.92. The van der Waals surface area contributed by atoms with E-state index >= 15 is 0 Å². The number of nitrogen functional groups attached to an aromatic ring is 1. The number of halogens is 1. The number of imidazole rings is 1. The zero-order chi connectivity index (χ0) is 22.5. The highest BCUT2D eigenvalue weighted by molar-refractivity contribution is 7.99. The Kier molecular flexibility index (Phi) is 7.02. The highest BCUT2D eigenvalue weighted by atomic mass is 35.5. The normalized spacial score (nSPS) is 11.1. The zero-order valence-corrected chi connectivity index (χ0v) is 19.5. The summed E-state index contributed by atoms with van der Waals surface area (Å²) >= 11 is 7.71. The Balaban J connectivity index is 1.63. The van der Waals surface area contributed by atoms with Crippen LogP contribution in [0.3, 0.4) is 0 Å². The highest BCUT2D eigenvalue weighted by Crippen LogP contribution is 2.38. The number of aryl methyl sites for hydroxylation is 2. The quantitative estimate of drug-likeness (QED) is 0.360. The molecule has 0 atom stereocenters. The summed E-state index contributed by atoms with van der Waals surface area (Å²) in [5.74, 6) is 2.56. The standard InChI is InChI=1S/C23H24ClN5O2S/c1-3-30-16-9-10-18(31-4-2)19(13-16)32-23-27-20-21(25)26-14-29(22(20)28-23)12-11-15-7-5-6-8-17(15)24/h5-10,13-14H,3-4,11-12,25H2,1-2H3. The SMILES string of the molecule is CCOc1ccc(OCC)c(Sc2nc3c(N)ncn(CCc4ccccc4Cl)c-3n2)c1. The van der Waals surface area contributed by atoms with Gasteiger partial charge in [-0.1, -0.05) is 29.8 Å². The van der Waals surface area contributed by atoms with Gasteiger partial charge in [0.1, 0.15) is 11.5 Å². The van der Waals surface area contributed by atoms with E-state index in [2.05, 4.69) is 9.97 Å². The van der Waals surface area contributed by atoms with Crippen LogP contribution in [0.25, 0.3) is 11.5 Å². The number of anilines is 1. The van der Waals surface area contributed by atoms with Gasteiger partial charge in [-0.25, -0.2) is 15.0 Å². The average Bonchev–Trinajstić information content (AvgIpc) is 3.21. The van der Waals surface area contributed by atoms with Crippen LogP contribution in [0.4, 0.5) is 5.82 Å². The van der Waals surface area contributed by atoms with Gasteiger partial charge in [0.2, 0.25) is 0 Å². The van der Waals surface area contributed by atoms with Crippen molar-refractivity contribution >= 4 is 29.2 Å². The summed E-state index contributed by atoms with van der Waals surface area (Å²) in [7, 11) is 0. The Morgan fingerprint density at radius 1 is 1.06 bits per heavy atom. The summed E-state index contributed by atoms with van der Waals surface area (Å²) in [6.07, 6.45) is 2.43. The van der Waals surface area contributed by atoms with Gasteiger partial charge in [0.15, 0.2) is 22.5 Å². The van der Waals surface area contributed by atoms with Gasteiger partial charge in [-0.05, 0) is 61.9 Å². The van der Waals surface area contributed by atoms with Crippen LogP contribution in [0.15, 0.2) is 58.8 Å². The molecule has 0 spiro atoms. The molecule has 2 aromatic rings. The van der Waals surface area contributed by atoms with Gasteiger partial charge >= 0.3 is 0 Å². The smallest absolute Gasteiger partial charge is 0.195 e. The second-order valence-corrected chi connectivity index (χ2v) is 8.34. The van der Waals surface area contributed by atoms with Gasteiger partial charge in [-0.2, -0.15) is 0 Å². The summed E-state index contributed by atoms with van der Waals surface area (Å²) in [5, 5.41) is 1.32. The monoisotopic (exact) mass is 469 g/mol. The van der Waals surface area contributed by atoms with E-state index in [1.165, 1.54) is 11.8 Å². The number of rotatable bonds is 9. The summed E-state index contributed by atoms with van der Waals surface area (Å²) in [5.41, 5.74) is 7.74. The number of ether oxygens (including phenoxy) is 2. The molecule has 4 rings (SSSR count). The number of nitrogens with two attached hydrogens (primary N) is 1. The molecule has 0 amide bonds. The van der Waals surface area contributed by atoms with Crippen molar-refractivity contribution < 1.29 is 9.47 Å². The van der Waals surface area contributed by atoms with E-state index in [9.17, 15) is 0 Å². The van der Waals surface area contributed by atoms with Crippen LogP contribution in [0, 0.1) is 0 Å². The molecule has 7 nitrogen and oxygen atoms in total. The summed E-state index contributed by atoms with van der Waals surface area (Å²) in [6.45, 7) is 5.70. The van der Waals surface area contributed by atoms with Gasteiger partial charge in [0.25, 0.3) is 0 Å². The predicted molar refractivity (Wildman–Crippen MR) is 127 cm³/mol. The number of aromatic nitrogens is 4. The van der Waals surface area contributed by atoms with Crippen LogP contribution in [-0.2, 0) is 13.0 Å². The molecular formula is C23H24ClN5O2S. The molecule has 2 aliphatic heterocycles. The van der Waals surface area contributed by atoms with Crippen molar-refractivity contribution in [1.82, 2.24) is 19.5 Å². The average molecular weight is 470 g/mol. The summed E-state index contributed by atoms with van der Waals surface area (Å²) in [6, 6.07) is 13.5. The molecule has 0 bridgehead atoms. The molecule has 2 aromatic carbocycles. The molecule has 166 valence electrons. The van der Waals surface area contributed by atoms with E-state index in [1.54, 1.807) is 6.33 Å². The lowest BCUT2D eigenvalue weighted by Gasteiger charge is -2.11. The predicted octanol–water partition coefficient (Wildman–Crippen LogP) is 5.20. The van der Waals surface area contributed by atoms with Crippen LogP contribution < -0.4 is 15.2 Å². The maximum Gasteiger partial charge on any atom is 0.195 e. The van der Waals surface area contributed by atoms with Crippen molar-refractivity contribution in [2.45, 2.75) is 36.9 Å². The van der Waals surface area contributed by atoms with Gasteiger partial charge in [0, 0.05) is 11.6 Å². The number of nitrogens with zero attached hydrogens (tertiary/aromatic N) is 4. The molecule has 2 aliphatic rings. The molecular weight excluding hydrogens is 446 g/mol. The first-order valence-electron chi connectivity index (χ1n) is 10.4. The molecule has 2 heterocycles. The van der Waals surface area contributed by atoms with Gasteiger partial charge in [0.05, 0.1) is 24.4 Å². The Morgan fingerprint density at radius 2 is 1.88 bits per heavy atom. The minimum absolute atomic E-state index is 0.349. The van der Waals surface area contributed by atoms with Crippen molar-refractivity contribution in [2.24, 2.45) is 0 Å². The molecule has 0 aromatic heterocycles. The second kappa shape index (κ2) is 10.1. The fourth-order valence-corrected chi connectivity index (χ4v) is 4.38. The van der Waals surface area contributed by atoms with Crippen molar-refractivity contribution in [3.8, 4) is 23.0 Å². The van der Waals surface area contributed by atoms with E-state index in [0.29, 0.717) is 42.3 Å². The molecule has 2 N–H and O–H groups in total. The Morgan fingerprint density at radius 3 is 2.66 bits per heavy atom. The van der Waals surface area contributed by atoms with Crippen molar-refractivity contribution in [3.05, 3.63) is 59.4 Å². The summed E-state index contributed by atoms with van der Waals surface area (Å²) in [4.78, 5) is 14.6. The largest absolute Gasteiger partial charge is 0.494 e. The maximum absolute atomic E-state index is 6.31. The highest BCUT2D eigenvalue weighted by Gasteiger charge is 2.21. The summed E-state index contributed by atoms with van der Waals surface area (Å²) < 4.78 is 13.4. The van der Waals surface area contributed by atoms with Crippen LogP contribution in [0.5, 0.6) is 11.5 Å². The van der Waals surface area contributed by atoms with Crippen LogP contribution in [0.1, 0.15) is 19.4 Å². The lowest BCUT2D eigenvalue weighted by atomic mass is 10.1. The van der Waals surface area contributed by atoms with Gasteiger partial charge < -0.3 is 19.8 Å². The van der Waals surface area contributed by atoms with E-state index in [1.807, 2.05) is 60.9 Å². The fraction of sp³-hybridized carbons (Fsp3) is 0.261. The van der Waals surface area contributed by atoms with Crippen LogP contribution in [-0.4, -0.2) is 32.7 Å². The lowest BCUT2D eigenvalue weighted by Crippen LogP contribution is -2.10. The van der Waals surface area contributed by atoms with Gasteiger partial charge in [-0.15, -0.1) is 0 Å². The van der Waals surface area contributed by atoms with Crippen LogP contribution >= 0.6 is 23.4 Å². The zero-order valence-electron chi connectivity index (χ0n) is 17.9. The molecule has 0 saturated heterocycles. The minimum atomic E-state index is 0.349. The Hall–Kier alpha value is -2.97. The third-order valence-corrected chi connectivity index (χ3v) is 6.05. The first-order chi connectivity index (χ1) is 15.6. The third-order valence-electron chi connectivity index (χ3n) is 4.78. The maximum atomic E-state index is 6.31. The van der Waals surface area contributed by atoms with Crippen molar-refractivity contribution in [2.75, 3.05) is 18.9 Å². The number of hydrogen-bond donors (Lipinski definition) is 1. The van der Waals surface area contributed by atoms with E-state index < -0.39 is 0 Å². The number of fused-ring (bicyclic) bond motifs is 1. The first-order valence-corrected chi connectivity index (χ1v) is 11.6. The topological polar surface area (TPSA) is 88.1 Å². The minimum Gasteiger partial charge on any atom is -0.494 e. The molecule has 32 heavy (non-hydrogen) atoms. The van der Waals surface area contributed by atoms with Gasteiger partial charge in [-0.3, -0.25) is 0 Å². The lowest BCUT2D eigenvalue weighted by molar-refractivity contribution is 0.323. The molecule has 0 radical (unpaired) electrons. The van der Waals surface area contributed by atoms with E-state index in [0.717, 1.165) is 33.4 Å². The van der Waals surface area contributed by atoms with E-state index in [4.69, 9.17) is 31.8 Å². The molecule has 9 heteroatoms. The number of hydrogen-bond acceptors (Lipinski definition) is 7. The van der Waals surface area contributed by atoms with Crippen molar-refractivity contribution in [3.63, 3.8) is 0 Å². The Labute approximate surface area is 196 Å². The van der Waals surface area contributed by atoms with E-state index in [-0.39, 0.29) is 0 Å². The second-order valence-electron chi connectivity index (χ2n) is 6.92. The van der Waals surface area contributed by atoms with Crippen LogP contribution in [0.2, 0.25) is 5.02 Å². The molecule has 0 saturated carbocycles. The Bertz CT molecular complexity index is 1180. The van der Waals surface area contributed by atoms with Crippen molar-refractivity contribution in [1.29, 1.82) is 0 Å².